The topological polar surface area (TPSA) is 55.0 Å². The summed E-state index contributed by atoms with van der Waals surface area (Å²) >= 11 is 0. The molecule has 1 aliphatic rings. The maximum atomic E-state index is 5.84. The number of hydrogen-bond acceptors (Lipinski definition) is 4. The Bertz CT molecular complexity index is 353. The van der Waals surface area contributed by atoms with Crippen molar-refractivity contribution in [2.75, 3.05) is 18.0 Å². The van der Waals surface area contributed by atoms with Crippen molar-refractivity contribution in [1.82, 2.24) is 9.97 Å². The van der Waals surface area contributed by atoms with Gasteiger partial charge in [-0.1, -0.05) is 13.8 Å². The molecule has 88 valence electrons. The molecule has 1 saturated heterocycles. The lowest BCUT2D eigenvalue weighted by Crippen LogP contribution is -2.38. The molecule has 0 spiro atoms. The van der Waals surface area contributed by atoms with Crippen LogP contribution in [0.1, 0.15) is 26.0 Å². The number of anilines is 1. The van der Waals surface area contributed by atoms with E-state index in [1.807, 2.05) is 0 Å². The van der Waals surface area contributed by atoms with Crippen LogP contribution >= 0.6 is 0 Å². The van der Waals surface area contributed by atoms with E-state index in [0.29, 0.717) is 18.5 Å². The Hall–Kier alpha value is -1.16. The average Bonchev–Trinajstić information content (AvgIpc) is 2.70. The summed E-state index contributed by atoms with van der Waals surface area (Å²) in [6.45, 7) is 6.13. The highest BCUT2D eigenvalue weighted by atomic mass is 15.2. The van der Waals surface area contributed by atoms with Gasteiger partial charge in [0.05, 0.1) is 0 Å². The highest BCUT2D eigenvalue weighted by molar-refractivity contribution is 5.42. The molecule has 1 aromatic rings. The lowest BCUT2D eigenvalue weighted by Gasteiger charge is -2.26. The van der Waals surface area contributed by atoms with E-state index < -0.39 is 0 Å². The van der Waals surface area contributed by atoms with Crippen molar-refractivity contribution in [2.24, 2.45) is 11.7 Å². The third-order valence-electron chi connectivity index (χ3n) is 3.49. The largest absolute Gasteiger partial charge is 0.352 e. The van der Waals surface area contributed by atoms with E-state index in [1.54, 1.807) is 6.33 Å². The third-order valence-corrected chi connectivity index (χ3v) is 3.49. The Morgan fingerprint density at radius 1 is 1.50 bits per heavy atom. The highest BCUT2D eigenvalue weighted by Crippen LogP contribution is 2.27. The predicted octanol–water partition coefficient (Wildman–Crippen LogP) is 1.21. The molecule has 2 unspecified atom stereocenters. The van der Waals surface area contributed by atoms with Gasteiger partial charge in [0.25, 0.3) is 0 Å². The van der Waals surface area contributed by atoms with Gasteiger partial charge in [0, 0.05) is 30.9 Å². The molecule has 1 aliphatic heterocycles. The number of aromatic nitrogens is 2. The van der Waals surface area contributed by atoms with Crippen molar-refractivity contribution in [3.63, 3.8) is 0 Å². The van der Waals surface area contributed by atoms with Gasteiger partial charge in [0.2, 0.25) is 0 Å². The number of rotatable bonds is 3. The molecule has 1 fully saturated rings. The van der Waals surface area contributed by atoms with E-state index in [-0.39, 0.29) is 0 Å². The van der Waals surface area contributed by atoms with E-state index in [1.165, 1.54) is 6.42 Å². The smallest absolute Gasteiger partial charge is 0.132 e. The van der Waals surface area contributed by atoms with Gasteiger partial charge in [0.1, 0.15) is 12.1 Å². The van der Waals surface area contributed by atoms with Gasteiger partial charge in [-0.3, -0.25) is 0 Å². The van der Waals surface area contributed by atoms with E-state index >= 15 is 0 Å². The predicted molar refractivity (Wildman–Crippen MR) is 65.4 cm³/mol. The average molecular weight is 220 g/mol. The first kappa shape index (κ1) is 11.3. The molecular formula is C12H20N4. The summed E-state index contributed by atoms with van der Waals surface area (Å²) in [5, 5.41) is 0. The van der Waals surface area contributed by atoms with Crippen LogP contribution in [0.5, 0.6) is 0 Å². The number of aryl methyl sites for hydroxylation is 1. The van der Waals surface area contributed by atoms with E-state index in [0.717, 1.165) is 24.5 Å². The summed E-state index contributed by atoms with van der Waals surface area (Å²) in [7, 11) is 0. The fraction of sp³-hybridized carbons (Fsp3) is 0.667. The van der Waals surface area contributed by atoms with Crippen molar-refractivity contribution in [3.05, 3.63) is 18.1 Å². The quantitative estimate of drug-likeness (QED) is 0.832. The standard InChI is InChI=1S/C12H20N4/c1-3-10-6-12(15-8-14-10)16-5-4-9(2)11(16)7-13/h6,8-9,11H,3-5,7,13H2,1-2H3. The van der Waals surface area contributed by atoms with Crippen molar-refractivity contribution in [3.8, 4) is 0 Å². The molecule has 16 heavy (non-hydrogen) atoms. The van der Waals surface area contributed by atoms with Crippen LogP contribution in [0.2, 0.25) is 0 Å². The van der Waals surface area contributed by atoms with Gasteiger partial charge >= 0.3 is 0 Å². The Balaban J connectivity index is 2.22. The molecule has 2 heterocycles. The van der Waals surface area contributed by atoms with Crippen LogP contribution in [0.15, 0.2) is 12.4 Å². The first-order valence-electron chi connectivity index (χ1n) is 6.04. The second-order valence-electron chi connectivity index (χ2n) is 4.48. The molecule has 4 nitrogen and oxygen atoms in total. The summed E-state index contributed by atoms with van der Waals surface area (Å²) in [5.74, 6) is 1.69. The molecular weight excluding hydrogens is 200 g/mol. The molecule has 2 N–H and O–H groups in total. The zero-order chi connectivity index (χ0) is 11.5. The van der Waals surface area contributed by atoms with Gasteiger partial charge in [0.15, 0.2) is 0 Å². The van der Waals surface area contributed by atoms with Crippen molar-refractivity contribution >= 4 is 5.82 Å². The zero-order valence-corrected chi connectivity index (χ0v) is 10.1. The normalized spacial score (nSPS) is 25.1. The summed E-state index contributed by atoms with van der Waals surface area (Å²) in [5.41, 5.74) is 6.93. The maximum Gasteiger partial charge on any atom is 0.132 e. The Kier molecular flexibility index (Phi) is 3.39. The lowest BCUT2D eigenvalue weighted by molar-refractivity contribution is 0.517. The lowest BCUT2D eigenvalue weighted by atomic mass is 10.0. The Morgan fingerprint density at radius 2 is 2.31 bits per heavy atom. The summed E-state index contributed by atoms with van der Waals surface area (Å²) in [4.78, 5) is 10.9. The first-order chi connectivity index (χ1) is 7.76. The monoisotopic (exact) mass is 220 g/mol. The van der Waals surface area contributed by atoms with Gasteiger partial charge in [-0.15, -0.1) is 0 Å². The molecule has 2 rings (SSSR count). The van der Waals surface area contributed by atoms with Gasteiger partial charge < -0.3 is 10.6 Å². The maximum absolute atomic E-state index is 5.84. The van der Waals surface area contributed by atoms with Gasteiger partial charge in [-0.25, -0.2) is 9.97 Å². The minimum Gasteiger partial charge on any atom is -0.352 e. The molecule has 0 radical (unpaired) electrons. The molecule has 0 saturated carbocycles. The fourth-order valence-corrected chi connectivity index (χ4v) is 2.39. The van der Waals surface area contributed by atoms with E-state index in [9.17, 15) is 0 Å². The number of nitrogens with zero attached hydrogens (tertiary/aromatic N) is 3. The van der Waals surface area contributed by atoms with Crippen molar-refractivity contribution in [1.29, 1.82) is 0 Å². The highest BCUT2D eigenvalue weighted by Gasteiger charge is 2.30. The third kappa shape index (κ3) is 2.02. The summed E-state index contributed by atoms with van der Waals surface area (Å²) in [6.07, 6.45) is 3.81. The molecule has 0 amide bonds. The minimum absolute atomic E-state index is 0.430. The first-order valence-corrected chi connectivity index (χ1v) is 6.04. The van der Waals surface area contributed by atoms with Gasteiger partial charge in [-0.2, -0.15) is 0 Å². The molecule has 0 aromatic carbocycles. The Morgan fingerprint density at radius 3 is 3.00 bits per heavy atom. The summed E-state index contributed by atoms with van der Waals surface area (Å²) in [6, 6.07) is 2.51. The van der Waals surface area contributed by atoms with Gasteiger partial charge in [-0.05, 0) is 18.8 Å². The van der Waals surface area contributed by atoms with Crippen molar-refractivity contribution in [2.45, 2.75) is 32.7 Å². The van der Waals surface area contributed by atoms with Crippen LogP contribution in [0, 0.1) is 5.92 Å². The summed E-state index contributed by atoms with van der Waals surface area (Å²) < 4.78 is 0. The number of hydrogen-bond donors (Lipinski definition) is 1. The SMILES string of the molecule is CCc1cc(N2CCC(C)C2CN)ncn1. The Labute approximate surface area is 96.9 Å². The fourth-order valence-electron chi connectivity index (χ4n) is 2.39. The van der Waals surface area contributed by atoms with Crippen LogP contribution in [0.3, 0.4) is 0 Å². The van der Waals surface area contributed by atoms with Crippen LogP contribution in [0.4, 0.5) is 5.82 Å². The minimum atomic E-state index is 0.430. The molecule has 1 aromatic heterocycles. The number of nitrogens with two attached hydrogens (primary N) is 1. The molecule has 2 atom stereocenters. The zero-order valence-electron chi connectivity index (χ0n) is 10.1. The molecule has 0 bridgehead atoms. The van der Waals surface area contributed by atoms with E-state index in [4.69, 9.17) is 5.73 Å². The van der Waals surface area contributed by atoms with Crippen LogP contribution in [0.25, 0.3) is 0 Å². The second kappa shape index (κ2) is 4.78. The second-order valence-corrected chi connectivity index (χ2v) is 4.48. The van der Waals surface area contributed by atoms with E-state index in [2.05, 4.69) is 34.8 Å². The van der Waals surface area contributed by atoms with Crippen molar-refractivity contribution < 1.29 is 0 Å². The molecule has 0 aliphatic carbocycles. The van der Waals surface area contributed by atoms with Crippen LogP contribution in [-0.4, -0.2) is 29.1 Å². The molecule has 4 heteroatoms. The van der Waals surface area contributed by atoms with Crippen LogP contribution in [-0.2, 0) is 6.42 Å². The van der Waals surface area contributed by atoms with Crippen LogP contribution < -0.4 is 10.6 Å².